The Bertz CT molecular complexity index is 865. The second kappa shape index (κ2) is 7.17. The summed E-state index contributed by atoms with van der Waals surface area (Å²) in [5.41, 5.74) is 4.34. The highest BCUT2D eigenvalue weighted by Crippen LogP contribution is 2.22. The zero-order valence-corrected chi connectivity index (χ0v) is 14.5. The number of carbonyl (C=O) groups is 1. The number of hydrogen-bond acceptors (Lipinski definition) is 5. The Morgan fingerprint density at radius 2 is 1.88 bits per heavy atom. The van der Waals surface area contributed by atoms with Gasteiger partial charge in [-0.25, -0.2) is 9.97 Å². The lowest BCUT2D eigenvalue weighted by atomic mass is 10.1. The van der Waals surface area contributed by atoms with Gasteiger partial charge in [-0.2, -0.15) is 0 Å². The summed E-state index contributed by atoms with van der Waals surface area (Å²) in [5, 5.41) is 6.05. The summed E-state index contributed by atoms with van der Waals surface area (Å²) in [6.45, 7) is 6.48. The van der Waals surface area contributed by atoms with Gasteiger partial charge in [0.2, 0.25) is 0 Å². The van der Waals surface area contributed by atoms with Gasteiger partial charge in [0.25, 0.3) is 5.91 Å². The summed E-state index contributed by atoms with van der Waals surface area (Å²) < 4.78 is 5.26. The van der Waals surface area contributed by atoms with Gasteiger partial charge in [-0.15, -0.1) is 0 Å². The van der Waals surface area contributed by atoms with Crippen LogP contribution in [0.15, 0.2) is 47.3 Å². The molecule has 2 heterocycles. The molecule has 2 aromatic heterocycles. The topological polar surface area (TPSA) is 80.0 Å². The van der Waals surface area contributed by atoms with Crippen molar-refractivity contribution < 1.29 is 9.21 Å². The fourth-order valence-electron chi connectivity index (χ4n) is 2.72. The molecule has 6 heteroatoms. The monoisotopic (exact) mass is 336 g/mol. The molecule has 128 valence electrons. The van der Waals surface area contributed by atoms with E-state index in [1.807, 2.05) is 45.0 Å². The third-order valence-corrected chi connectivity index (χ3v) is 3.84. The number of hydrogen-bond donors (Lipinski definition) is 2. The summed E-state index contributed by atoms with van der Waals surface area (Å²) in [6, 6.07) is 9.39. The van der Waals surface area contributed by atoms with Gasteiger partial charge in [-0.3, -0.25) is 4.79 Å². The molecule has 0 bridgehead atoms. The SMILES string of the molecule is Cc1cc(C)c(NC(=O)c2cc(NCc3ccco3)ncn2)c(C)c1. The van der Waals surface area contributed by atoms with E-state index in [0.29, 0.717) is 18.1 Å². The molecule has 0 unspecified atom stereocenters. The van der Waals surface area contributed by atoms with Crippen LogP contribution in [0.1, 0.15) is 32.9 Å². The Kier molecular flexibility index (Phi) is 4.79. The zero-order chi connectivity index (χ0) is 17.8. The summed E-state index contributed by atoms with van der Waals surface area (Å²) in [5.74, 6) is 1.09. The molecule has 0 aliphatic heterocycles. The highest BCUT2D eigenvalue weighted by molar-refractivity contribution is 6.04. The lowest BCUT2D eigenvalue weighted by molar-refractivity contribution is 0.102. The lowest BCUT2D eigenvalue weighted by Crippen LogP contribution is -2.16. The Morgan fingerprint density at radius 3 is 2.56 bits per heavy atom. The van der Waals surface area contributed by atoms with Crippen molar-refractivity contribution in [2.24, 2.45) is 0 Å². The van der Waals surface area contributed by atoms with Crippen molar-refractivity contribution in [3.63, 3.8) is 0 Å². The minimum Gasteiger partial charge on any atom is -0.467 e. The van der Waals surface area contributed by atoms with E-state index in [1.54, 1.807) is 12.3 Å². The molecule has 6 nitrogen and oxygen atoms in total. The molecule has 0 atom stereocenters. The standard InChI is InChI=1S/C19H20N4O2/c1-12-7-13(2)18(14(3)8-12)23-19(24)16-9-17(22-11-21-16)20-10-15-5-4-6-25-15/h4-9,11H,10H2,1-3H3,(H,23,24)(H,20,21,22). The number of furan rings is 1. The largest absolute Gasteiger partial charge is 0.467 e. The van der Waals surface area contributed by atoms with Gasteiger partial charge in [0, 0.05) is 11.8 Å². The van der Waals surface area contributed by atoms with Crippen molar-refractivity contribution >= 4 is 17.4 Å². The first-order chi connectivity index (χ1) is 12.0. The Balaban J connectivity index is 1.73. The molecule has 0 radical (unpaired) electrons. The van der Waals surface area contributed by atoms with Crippen molar-refractivity contribution in [2.45, 2.75) is 27.3 Å². The highest BCUT2D eigenvalue weighted by Gasteiger charge is 2.12. The van der Waals surface area contributed by atoms with Crippen LogP contribution in [0.25, 0.3) is 0 Å². The van der Waals surface area contributed by atoms with E-state index in [1.165, 1.54) is 11.9 Å². The normalized spacial score (nSPS) is 10.5. The van der Waals surface area contributed by atoms with Crippen LogP contribution in [0.2, 0.25) is 0 Å². The third-order valence-electron chi connectivity index (χ3n) is 3.84. The second-order valence-electron chi connectivity index (χ2n) is 5.95. The lowest BCUT2D eigenvalue weighted by Gasteiger charge is -2.13. The summed E-state index contributed by atoms with van der Waals surface area (Å²) in [4.78, 5) is 20.7. The van der Waals surface area contributed by atoms with Crippen LogP contribution in [-0.2, 0) is 6.54 Å². The first-order valence-corrected chi connectivity index (χ1v) is 8.00. The van der Waals surface area contributed by atoms with E-state index in [4.69, 9.17) is 4.42 Å². The van der Waals surface area contributed by atoms with Gasteiger partial charge in [0.05, 0.1) is 12.8 Å². The Labute approximate surface area is 146 Å². The van der Waals surface area contributed by atoms with Crippen molar-refractivity contribution in [2.75, 3.05) is 10.6 Å². The van der Waals surface area contributed by atoms with E-state index in [0.717, 1.165) is 22.6 Å². The van der Waals surface area contributed by atoms with Crippen molar-refractivity contribution in [1.29, 1.82) is 0 Å². The quantitative estimate of drug-likeness (QED) is 0.739. The van der Waals surface area contributed by atoms with Crippen LogP contribution in [-0.4, -0.2) is 15.9 Å². The van der Waals surface area contributed by atoms with E-state index >= 15 is 0 Å². The van der Waals surface area contributed by atoms with E-state index < -0.39 is 0 Å². The number of rotatable bonds is 5. The van der Waals surface area contributed by atoms with Crippen LogP contribution >= 0.6 is 0 Å². The number of benzene rings is 1. The molecule has 0 saturated heterocycles. The molecule has 25 heavy (non-hydrogen) atoms. The maximum Gasteiger partial charge on any atom is 0.274 e. The molecule has 3 rings (SSSR count). The summed E-state index contributed by atoms with van der Waals surface area (Å²) in [7, 11) is 0. The summed E-state index contributed by atoms with van der Waals surface area (Å²) in [6.07, 6.45) is 2.98. The number of carbonyl (C=O) groups excluding carboxylic acids is 1. The maximum atomic E-state index is 12.5. The van der Waals surface area contributed by atoms with Gasteiger partial charge in [-0.1, -0.05) is 17.7 Å². The first kappa shape index (κ1) is 16.7. The number of nitrogens with one attached hydrogen (secondary N) is 2. The van der Waals surface area contributed by atoms with Gasteiger partial charge in [0.15, 0.2) is 0 Å². The van der Waals surface area contributed by atoms with Crippen molar-refractivity contribution in [1.82, 2.24) is 9.97 Å². The zero-order valence-electron chi connectivity index (χ0n) is 14.5. The van der Waals surface area contributed by atoms with Crippen LogP contribution in [0.3, 0.4) is 0 Å². The number of amides is 1. The predicted octanol–water partition coefficient (Wildman–Crippen LogP) is 3.86. The molecular weight excluding hydrogens is 316 g/mol. The van der Waals surface area contributed by atoms with Crippen LogP contribution in [0.4, 0.5) is 11.5 Å². The molecule has 1 aromatic carbocycles. The molecule has 0 aliphatic carbocycles. The molecule has 0 aliphatic rings. The number of anilines is 2. The van der Waals surface area contributed by atoms with Gasteiger partial charge in [-0.05, 0) is 44.0 Å². The van der Waals surface area contributed by atoms with E-state index in [-0.39, 0.29) is 5.91 Å². The number of aryl methyl sites for hydroxylation is 3. The number of nitrogens with zero attached hydrogens (tertiary/aromatic N) is 2. The van der Waals surface area contributed by atoms with Crippen LogP contribution in [0, 0.1) is 20.8 Å². The smallest absolute Gasteiger partial charge is 0.274 e. The summed E-state index contributed by atoms with van der Waals surface area (Å²) >= 11 is 0. The van der Waals surface area contributed by atoms with Gasteiger partial charge in [0.1, 0.15) is 23.6 Å². The molecule has 1 amide bonds. The minimum atomic E-state index is -0.265. The van der Waals surface area contributed by atoms with E-state index in [2.05, 4.69) is 20.6 Å². The van der Waals surface area contributed by atoms with Crippen LogP contribution < -0.4 is 10.6 Å². The average molecular weight is 336 g/mol. The Morgan fingerprint density at radius 1 is 1.12 bits per heavy atom. The minimum absolute atomic E-state index is 0.265. The molecule has 0 fully saturated rings. The average Bonchev–Trinajstić information content (AvgIpc) is 3.10. The fourth-order valence-corrected chi connectivity index (χ4v) is 2.72. The van der Waals surface area contributed by atoms with Gasteiger partial charge >= 0.3 is 0 Å². The molecule has 0 spiro atoms. The van der Waals surface area contributed by atoms with Crippen molar-refractivity contribution in [3.8, 4) is 0 Å². The maximum absolute atomic E-state index is 12.5. The van der Waals surface area contributed by atoms with Crippen molar-refractivity contribution in [3.05, 3.63) is 71.1 Å². The second-order valence-corrected chi connectivity index (χ2v) is 5.95. The fraction of sp³-hybridized carbons (Fsp3) is 0.211. The molecular formula is C19H20N4O2. The molecule has 2 N–H and O–H groups in total. The highest BCUT2D eigenvalue weighted by atomic mass is 16.3. The first-order valence-electron chi connectivity index (χ1n) is 8.00. The van der Waals surface area contributed by atoms with E-state index in [9.17, 15) is 4.79 Å². The number of aromatic nitrogens is 2. The Hall–Kier alpha value is -3.15. The molecule has 3 aromatic rings. The predicted molar refractivity (Wildman–Crippen MR) is 96.7 cm³/mol. The third kappa shape index (κ3) is 4.03. The molecule has 0 saturated carbocycles. The van der Waals surface area contributed by atoms with Gasteiger partial charge < -0.3 is 15.1 Å². The van der Waals surface area contributed by atoms with Crippen LogP contribution in [0.5, 0.6) is 0 Å².